The fourth-order valence-corrected chi connectivity index (χ4v) is 4.18. The molecule has 0 bridgehead atoms. The van der Waals surface area contributed by atoms with Gasteiger partial charge < -0.3 is 20.1 Å². The zero-order valence-electron chi connectivity index (χ0n) is 12.1. The molecule has 0 aromatic heterocycles. The molecule has 2 aliphatic carbocycles. The summed E-state index contributed by atoms with van der Waals surface area (Å²) in [4.78, 5) is 12.6. The highest BCUT2D eigenvalue weighted by atomic mass is 16.6. The zero-order valence-corrected chi connectivity index (χ0v) is 12.1. The van der Waals surface area contributed by atoms with Crippen molar-refractivity contribution in [3.63, 3.8) is 0 Å². The molecule has 5 nitrogen and oxygen atoms in total. The van der Waals surface area contributed by atoms with Crippen LogP contribution in [0.4, 0.5) is 0 Å². The number of rotatable bonds is 0. The molecule has 20 heavy (non-hydrogen) atoms. The number of Topliss-reactive ketones (excluding diaryl/α,β-unsaturated/α-hetero) is 1. The van der Waals surface area contributed by atoms with E-state index in [4.69, 9.17) is 4.74 Å². The first-order valence-electron chi connectivity index (χ1n) is 7.13. The maximum atomic E-state index is 12.6. The van der Waals surface area contributed by atoms with Crippen LogP contribution in [0.3, 0.4) is 0 Å². The molecular formula is C15H22O5. The second-order valence-corrected chi connectivity index (χ2v) is 7.21. The highest BCUT2D eigenvalue weighted by molar-refractivity contribution is 6.00. The Morgan fingerprint density at radius 2 is 1.90 bits per heavy atom. The van der Waals surface area contributed by atoms with E-state index in [0.717, 1.165) is 0 Å². The van der Waals surface area contributed by atoms with Gasteiger partial charge in [-0.05, 0) is 24.3 Å². The molecule has 0 spiro atoms. The quantitative estimate of drug-likeness (QED) is 0.598. The van der Waals surface area contributed by atoms with Crippen molar-refractivity contribution in [3.05, 3.63) is 11.1 Å². The Kier molecular flexibility index (Phi) is 2.93. The molecule has 1 heterocycles. The number of aliphatic hydroxyl groups excluding tert-OH is 2. The molecule has 3 aliphatic rings. The molecule has 0 aromatic rings. The van der Waals surface area contributed by atoms with Crippen molar-refractivity contribution < 1.29 is 24.9 Å². The van der Waals surface area contributed by atoms with E-state index in [2.05, 4.69) is 0 Å². The third-order valence-electron chi connectivity index (χ3n) is 5.42. The second-order valence-electron chi connectivity index (χ2n) is 7.21. The lowest BCUT2D eigenvalue weighted by atomic mass is 9.66. The number of carbonyl (C=O) groups excluding carboxylic acids is 1. The molecule has 1 saturated carbocycles. The van der Waals surface area contributed by atoms with Crippen molar-refractivity contribution in [2.45, 2.75) is 51.6 Å². The van der Waals surface area contributed by atoms with Crippen LogP contribution in [0.2, 0.25) is 0 Å². The van der Waals surface area contributed by atoms with Gasteiger partial charge in [0.1, 0.15) is 0 Å². The summed E-state index contributed by atoms with van der Waals surface area (Å²) in [5, 5.41) is 31.0. The van der Waals surface area contributed by atoms with Crippen molar-refractivity contribution in [1.29, 1.82) is 0 Å². The third kappa shape index (κ3) is 1.73. The molecule has 3 rings (SSSR count). The lowest BCUT2D eigenvalue weighted by Crippen LogP contribution is -2.51. The van der Waals surface area contributed by atoms with Crippen LogP contribution < -0.4 is 0 Å². The highest BCUT2D eigenvalue weighted by Crippen LogP contribution is 2.56. The average Bonchev–Trinajstić information content (AvgIpc) is 2.60. The van der Waals surface area contributed by atoms with Gasteiger partial charge in [0.2, 0.25) is 0 Å². The van der Waals surface area contributed by atoms with Crippen LogP contribution >= 0.6 is 0 Å². The van der Waals surface area contributed by atoms with Crippen LogP contribution in [-0.4, -0.2) is 45.7 Å². The van der Waals surface area contributed by atoms with E-state index < -0.39 is 29.3 Å². The fourth-order valence-electron chi connectivity index (χ4n) is 4.18. The van der Waals surface area contributed by atoms with E-state index in [1.54, 1.807) is 6.92 Å². The number of hydrogen-bond donors (Lipinski definition) is 3. The van der Waals surface area contributed by atoms with Crippen LogP contribution in [0.1, 0.15) is 33.6 Å². The van der Waals surface area contributed by atoms with Gasteiger partial charge in [0.25, 0.3) is 0 Å². The molecule has 5 heteroatoms. The lowest BCUT2D eigenvalue weighted by Gasteiger charge is -2.44. The van der Waals surface area contributed by atoms with E-state index in [-0.39, 0.29) is 24.7 Å². The van der Waals surface area contributed by atoms with Crippen LogP contribution in [0.5, 0.6) is 0 Å². The van der Waals surface area contributed by atoms with Crippen molar-refractivity contribution in [2.24, 2.45) is 17.3 Å². The molecule has 0 saturated heterocycles. The van der Waals surface area contributed by atoms with Crippen molar-refractivity contribution >= 4 is 5.78 Å². The molecule has 0 aromatic carbocycles. The molecule has 112 valence electrons. The number of aliphatic hydroxyl groups is 3. The predicted octanol–water partition coefficient (Wildman–Crippen LogP) is 0.379. The van der Waals surface area contributed by atoms with Gasteiger partial charge in [-0.25, -0.2) is 0 Å². The highest BCUT2D eigenvalue weighted by Gasteiger charge is 2.61. The minimum absolute atomic E-state index is 0.0157. The Bertz CT molecular complexity index is 490. The number of hydrogen-bond acceptors (Lipinski definition) is 5. The van der Waals surface area contributed by atoms with Gasteiger partial charge in [-0.15, -0.1) is 0 Å². The lowest BCUT2D eigenvalue weighted by molar-refractivity contribution is -0.141. The number of carbonyl (C=O) groups is 1. The normalized spacial score (nSPS) is 47.2. The monoisotopic (exact) mass is 282 g/mol. The Balaban J connectivity index is 2.09. The van der Waals surface area contributed by atoms with Gasteiger partial charge in [-0.2, -0.15) is 0 Å². The van der Waals surface area contributed by atoms with Gasteiger partial charge in [-0.3, -0.25) is 4.79 Å². The number of ketones is 1. The molecule has 0 radical (unpaired) electrons. The average molecular weight is 282 g/mol. The van der Waals surface area contributed by atoms with E-state index in [9.17, 15) is 20.1 Å². The van der Waals surface area contributed by atoms with E-state index >= 15 is 0 Å². The van der Waals surface area contributed by atoms with Crippen LogP contribution in [0.25, 0.3) is 0 Å². The largest absolute Gasteiger partial charge is 0.392 e. The minimum Gasteiger partial charge on any atom is -0.392 e. The maximum absolute atomic E-state index is 12.6. The summed E-state index contributed by atoms with van der Waals surface area (Å²) < 4.78 is 5.13. The summed E-state index contributed by atoms with van der Waals surface area (Å²) in [5.41, 5.74) is -0.540. The van der Waals surface area contributed by atoms with Crippen LogP contribution in [0, 0.1) is 17.3 Å². The minimum atomic E-state index is -1.17. The summed E-state index contributed by atoms with van der Waals surface area (Å²) >= 11 is 0. The van der Waals surface area contributed by atoms with Gasteiger partial charge in [0, 0.05) is 17.9 Å². The molecule has 0 amide bonds. The first-order chi connectivity index (χ1) is 9.16. The van der Waals surface area contributed by atoms with Crippen molar-refractivity contribution in [1.82, 2.24) is 0 Å². The van der Waals surface area contributed by atoms with E-state index in [1.165, 1.54) is 0 Å². The molecule has 5 atom stereocenters. The Labute approximate surface area is 118 Å². The summed E-state index contributed by atoms with van der Waals surface area (Å²) in [5.74, 6) is -0.997. The summed E-state index contributed by atoms with van der Waals surface area (Å²) in [6.45, 7) is 5.55. The Hall–Kier alpha value is -0.750. The molecule has 1 fully saturated rings. The first-order valence-corrected chi connectivity index (χ1v) is 7.13. The molecule has 5 unspecified atom stereocenters. The van der Waals surface area contributed by atoms with E-state index in [0.29, 0.717) is 17.6 Å². The first kappa shape index (κ1) is 14.2. The third-order valence-corrected chi connectivity index (χ3v) is 5.42. The smallest absolute Gasteiger partial charge is 0.167 e. The standard InChI is InChI=1S/C15H22O5/c1-14(2)5-9-11(13(14)18)12(17)7-6-20-10(16)4-8(7)15(9,3)19/h9-11,13,16,18-19H,4-6H2,1-3H3. The summed E-state index contributed by atoms with van der Waals surface area (Å²) in [6, 6.07) is 0. The van der Waals surface area contributed by atoms with Crippen LogP contribution in [-0.2, 0) is 9.53 Å². The Morgan fingerprint density at radius 1 is 1.25 bits per heavy atom. The summed E-state index contributed by atoms with van der Waals surface area (Å²) in [7, 11) is 0. The van der Waals surface area contributed by atoms with Crippen molar-refractivity contribution in [2.75, 3.05) is 6.61 Å². The second kappa shape index (κ2) is 4.13. The fraction of sp³-hybridized carbons (Fsp3) is 0.800. The molecule has 1 aliphatic heterocycles. The SMILES string of the molecule is CC1(C)CC2C(C(=O)C3=C(CC(O)OC3)C2(C)O)C1O. The van der Waals surface area contributed by atoms with Gasteiger partial charge in [0.15, 0.2) is 12.1 Å². The zero-order chi connectivity index (χ0) is 14.9. The molecular weight excluding hydrogens is 260 g/mol. The van der Waals surface area contributed by atoms with Gasteiger partial charge >= 0.3 is 0 Å². The Morgan fingerprint density at radius 3 is 2.55 bits per heavy atom. The maximum Gasteiger partial charge on any atom is 0.167 e. The number of ether oxygens (including phenoxy) is 1. The van der Waals surface area contributed by atoms with Crippen LogP contribution in [0.15, 0.2) is 11.1 Å². The van der Waals surface area contributed by atoms with Gasteiger partial charge in [0.05, 0.1) is 24.2 Å². The van der Waals surface area contributed by atoms with Crippen molar-refractivity contribution in [3.8, 4) is 0 Å². The number of fused-ring (bicyclic) bond motifs is 1. The van der Waals surface area contributed by atoms with E-state index in [1.807, 2.05) is 13.8 Å². The van der Waals surface area contributed by atoms with Gasteiger partial charge in [-0.1, -0.05) is 13.8 Å². The predicted molar refractivity (Wildman–Crippen MR) is 70.6 cm³/mol. The summed E-state index contributed by atoms with van der Waals surface area (Å²) in [6.07, 6.45) is -0.977. The molecule has 3 N–H and O–H groups in total. The topological polar surface area (TPSA) is 87.0 Å².